The average molecular weight is 370 g/mol. The third kappa shape index (κ3) is 3.20. The molecule has 0 spiro atoms. The first-order valence-corrected chi connectivity index (χ1v) is 9.66. The van der Waals surface area contributed by atoms with Crippen LogP contribution >= 0.6 is 11.6 Å². The maximum Gasteiger partial charge on any atom is 0.182 e. The van der Waals surface area contributed by atoms with E-state index in [-0.39, 0.29) is 5.41 Å². The molecule has 6 heteroatoms. The Bertz CT molecular complexity index is 935. The minimum absolute atomic E-state index is 0.124. The van der Waals surface area contributed by atoms with Crippen LogP contribution in [0.25, 0.3) is 11.2 Å². The van der Waals surface area contributed by atoms with Gasteiger partial charge < -0.3 is 0 Å². The van der Waals surface area contributed by atoms with E-state index in [1.54, 1.807) is 0 Å². The van der Waals surface area contributed by atoms with E-state index in [2.05, 4.69) is 31.1 Å². The van der Waals surface area contributed by atoms with Gasteiger partial charge in [0, 0.05) is 16.4 Å². The molecule has 5 nitrogen and oxygen atoms in total. The fourth-order valence-corrected chi connectivity index (χ4v) is 3.79. The van der Waals surface area contributed by atoms with Crippen LogP contribution in [0.4, 0.5) is 0 Å². The Morgan fingerprint density at radius 1 is 1.12 bits per heavy atom. The van der Waals surface area contributed by atoms with Crippen molar-refractivity contribution in [3.8, 4) is 0 Å². The molecule has 2 aromatic heterocycles. The van der Waals surface area contributed by atoms with Crippen molar-refractivity contribution in [3.63, 3.8) is 0 Å². The fourth-order valence-electron chi connectivity index (χ4n) is 3.59. The van der Waals surface area contributed by atoms with Crippen molar-refractivity contribution in [2.24, 2.45) is 0 Å². The lowest BCUT2D eigenvalue weighted by Crippen LogP contribution is -2.19. The zero-order chi connectivity index (χ0) is 18.3. The lowest BCUT2D eigenvalue weighted by atomic mass is 9.94. The van der Waals surface area contributed by atoms with Gasteiger partial charge in [0.25, 0.3) is 0 Å². The molecular formula is C20H24ClN5. The number of nitrogens with zero attached hydrogens (tertiary/aromatic N) is 5. The molecule has 0 aliphatic heterocycles. The zero-order valence-electron chi connectivity index (χ0n) is 15.5. The van der Waals surface area contributed by atoms with Crippen molar-refractivity contribution >= 4 is 22.8 Å². The highest BCUT2D eigenvalue weighted by Gasteiger charge is 2.28. The smallest absolute Gasteiger partial charge is 0.182 e. The van der Waals surface area contributed by atoms with E-state index in [4.69, 9.17) is 21.6 Å². The summed E-state index contributed by atoms with van der Waals surface area (Å²) in [5.74, 6) is 1.32. The average Bonchev–Trinajstić information content (AvgIpc) is 3.25. The normalized spacial score (nSPS) is 15.8. The summed E-state index contributed by atoms with van der Waals surface area (Å²) in [7, 11) is 0. The minimum Gasteiger partial charge on any atom is -0.235 e. The van der Waals surface area contributed by atoms with Crippen LogP contribution < -0.4 is 0 Å². The van der Waals surface area contributed by atoms with E-state index in [0.29, 0.717) is 12.5 Å². The van der Waals surface area contributed by atoms with Crippen molar-refractivity contribution in [3.05, 3.63) is 46.4 Å². The van der Waals surface area contributed by atoms with Crippen molar-refractivity contribution < 1.29 is 0 Å². The molecule has 1 aromatic carbocycles. The molecule has 2 heterocycles. The molecule has 1 aliphatic carbocycles. The molecule has 0 amide bonds. The second-order valence-electron chi connectivity index (χ2n) is 8.17. The summed E-state index contributed by atoms with van der Waals surface area (Å²) < 4.78 is 1.85. The molecule has 4 rings (SSSR count). The van der Waals surface area contributed by atoms with Crippen LogP contribution in [0.5, 0.6) is 0 Å². The summed E-state index contributed by atoms with van der Waals surface area (Å²) in [6, 6.07) is 7.83. The van der Waals surface area contributed by atoms with Gasteiger partial charge in [0.1, 0.15) is 5.82 Å². The highest BCUT2D eigenvalue weighted by atomic mass is 35.5. The molecule has 0 N–H and O–H groups in total. The first-order valence-electron chi connectivity index (χ1n) is 9.28. The molecule has 1 aliphatic rings. The Kier molecular flexibility index (Phi) is 4.43. The van der Waals surface area contributed by atoms with Crippen LogP contribution in [-0.4, -0.2) is 25.0 Å². The Morgan fingerprint density at radius 3 is 2.54 bits per heavy atom. The summed E-state index contributed by atoms with van der Waals surface area (Å²) in [5, 5.41) is 9.58. The lowest BCUT2D eigenvalue weighted by Gasteiger charge is -2.19. The van der Waals surface area contributed by atoms with Crippen LogP contribution in [0, 0.1) is 0 Å². The monoisotopic (exact) mass is 369 g/mol. The molecule has 1 saturated carbocycles. The topological polar surface area (TPSA) is 56.5 Å². The number of hydrogen-bond donors (Lipinski definition) is 0. The lowest BCUT2D eigenvalue weighted by molar-refractivity contribution is 0.537. The van der Waals surface area contributed by atoms with Gasteiger partial charge in [0.05, 0.1) is 12.2 Å². The van der Waals surface area contributed by atoms with E-state index in [1.165, 1.54) is 25.7 Å². The van der Waals surface area contributed by atoms with E-state index in [1.807, 2.05) is 28.9 Å². The molecule has 0 radical (unpaired) electrons. The van der Waals surface area contributed by atoms with Gasteiger partial charge in [-0.3, -0.25) is 0 Å². The van der Waals surface area contributed by atoms with Crippen LogP contribution in [0.1, 0.15) is 69.5 Å². The predicted octanol–water partition coefficient (Wildman–Crippen LogP) is 4.88. The Labute approximate surface area is 158 Å². The van der Waals surface area contributed by atoms with Crippen molar-refractivity contribution in [1.82, 2.24) is 25.0 Å². The minimum atomic E-state index is -0.124. The number of hydrogen-bond acceptors (Lipinski definition) is 4. The van der Waals surface area contributed by atoms with Gasteiger partial charge in [0.15, 0.2) is 11.2 Å². The van der Waals surface area contributed by atoms with Crippen molar-refractivity contribution in [1.29, 1.82) is 0 Å². The quantitative estimate of drug-likeness (QED) is 0.660. The number of fused-ring (bicyclic) bond motifs is 1. The van der Waals surface area contributed by atoms with E-state index in [0.717, 1.165) is 33.3 Å². The van der Waals surface area contributed by atoms with Crippen LogP contribution in [0.15, 0.2) is 24.3 Å². The van der Waals surface area contributed by atoms with Crippen molar-refractivity contribution in [2.75, 3.05) is 0 Å². The van der Waals surface area contributed by atoms with Crippen molar-refractivity contribution in [2.45, 2.75) is 64.3 Å². The summed E-state index contributed by atoms with van der Waals surface area (Å²) >= 11 is 6.34. The third-order valence-electron chi connectivity index (χ3n) is 5.08. The van der Waals surface area contributed by atoms with Gasteiger partial charge in [-0.15, -0.1) is 5.10 Å². The summed E-state index contributed by atoms with van der Waals surface area (Å²) in [5.41, 5.74) is 3.62. The Morgan fingerprint density at radius 2 is 1.85 bits per heavy atom. The molecule has 3 aromatic rings. The van der Waals surface area contributed by atoms with E-state index < -0.39 is 0 Å². The fraction of sp³-hybridized carbons (Fsp3) is 0.500. The van der Waals surface area contributed by atoms with Crippen LogP contribution in [-0.2, 0) is 12.0 Å². The van der Waals surface area contributed by atoms with Gasteiger partial charge in [-0.25, -0.2) is 14.6 Å². The number of benzene rings is 1. The molecule has 0 atom stereocenters. The Balaban J connectivity index is 1.85. The highest BCUT2D eigenvalue weighted by molar-refractivity contribution is 6.31. The second-order valence-corrected chi connectivity index (χ2v) is 8.58. The maximum absolute atomic E-state index is 6.34. The Hall–Kier alpha value is -2.01. The first kappa shape index (κ1) is 17.4. The van der Waals surface area contributed by atoms with E-state index >= 15 is 0 Å². The molecule has 0 bridgehead atoms. The highest BCUT2D eigenvalue weighted by Crippen LogP contribution is 2.36. The molecule has 26 heavy (non-hydrogen) atoms. The first-order chi connectivity index (χ1) is 12.4. The predicted molar refractivity (Wildman–Crippen MR) is 104 cm³/mol. The largest absolute Gasteiger partial charge is 0.235 e. The summed E-state index contributed by atoms with van der Waals surface area (Å²) in [6.07, 6.45) is 4.86. The third-order valence-corrected chi connectivity index (χ3v) is 5.45. The van der Waals surface area contributed by atoms with Gasteiger partial charge >= 0.3 is 0 Å². The second kappa shape index (κ2) is 6.62. The maximum atomic E-state index is 6.34. The van der Waals surface area contributed by atoms with Crippen LogP contribution in [0.2, 0.25) is 5.02 Å². The number of aromatic nitrogens is 5. The zero-order valence-corrected chi connectivity index (χ0v) is 16.3. The molecule has 0 unspecified atom stereocenters. The van der Waals surface area contributed by atoms with Crippen LogP contribution in [0.3, 0.4) is 0 Å². The van der Waals surface area contributed by atoms with Gasteiger partial charge in [-0.2, -0.15) is 0 Å². The SMILES string of the molecule is CC(C)(C)c1nc(C2CCCC2)c2nnn(Cc3ccccc3Cl)c2n1. The number of rotatable bonds is 3. The molecule has 1 fully saturated rings. The number of halogens is 1. The van der Waals surface area contributed by atoms with Gasteiger partial charge in [-0.05, 0) is 24.5 Å². The molecular weight excluding hydrogens is 346 g/mol. The van der Waals surface area contributed by atoms with Gasteiger partial charge in [0.2, 0.25) is 0 Å². The van der Waals surface area contributed by atoms with E-state index in [9.17, 15) is 0 Å². The standard InChI is InChI=1S/C20H24ClN5/c1-20(2,3)19-22-16(13-8-4-5-9-13)17-18(23-19)26(25-24-17)12-14-10-6-7-11-15(14)21/h6-7,10-11,13H,4-5,8-9,12H2,1-3H3. The van der Waals surface area contributed by atoms with Gasteiger partial charge in [-0.1, -0.05) is 68.6 Å². The summed E-state index contributed by atoms with van der Waals surface area (Å²) in [4.78, 5) is 9.79. The molecule has 136 valence electrons. The molecule has 0 saturated heterocycles. The summed E-state index contributed by atoms with van der Waals surface area (Å²) in [6.45, 7) is 7.00.